The van der Waals surface area contributed by atoms with Crippen LogP contribution in [0.25, 0.3) is 0 Å². The van der Waals surface area contributed by atoms with Crippen LogP contribution in [0.2, 0.25) is 0 Å². The van der Waals surface area contributed by atoms with Crippen LogP contribution in [0.15, 0.2) is 24.3 Å². The summed E-state index contributed by atoms with van der Waals surface area (Å²) >= 11 is 0. The first kappa shape index (κ1) is 22.7. The van der Waals surface area contributed by atoms with E-state index in [4.69, 9.17) is 4.74 Å². The third kappa shape index (κ3) is 5.39. The van der Waals surface area contributed by atoms with Gasteiger partial charge in [-0.1, -0.05) is 13.0 Å². The quantitative estimate of drug-likeness (QED) is 0.690. The second kappa shape index (κ2) is 9.89. The molecule has 0 radical (unpaired) electrons. The van der Waals surface area contributed by atoms with Crippen molar-refractivity contribution in [3.63, 3.8) is 0 Å². The number of ether oxygens (including phenoxy) is 1. The highest BCUT2D eigenvalue weighted by Crippen LogP contribution is 2.26. The Morgan fingerprint density at radius 1 is 1.13 bits per heavy atom. The molecule has 0 saturated carbocycles. The molecular formula is C21H31N3O5S. The number of carbonyl (C=O) groups excluding carboxylic acids is 2. The lowest BCUT2D eigenvalue weighted by atomic mass is 9.98. The molecule has 30 heavy (non-hydrogen) atoms. The van der Waals surface area contributed by atoms with E-state index in [-0.39, 0.29) is 19.1 Å². The fraction of sp³-hybridized carbons (Fsp3) is 0.619. The lowest BCUT2D eigenvalue weighted by Gasteiger charge is -2.37. The predicted octanol–water partition coefficient (Wildman–Crippen LogP) is 2.49. The van der Waals surface area contributed by atoms with Crippen molar-refractivity contribution in [2.45, 2.75) is 39.5 Å². The molecule has 2 saturated heterocycles. The number of esters is 1. The zero-order chi connectivity index (χ0) is 21.7. The van der Waals surface area contributed by atoms with Gasteiger partial charge in [-0.2, -0.15) is 17.0 Å². The van der Waals surface area contributed by atoms with Crippen LogP contribution in [0, 0.1) is 11.8 Å². The summed E-state index contributed by atoms with van der Waals surface area (Å²) in [6, 6.07) is 6.58. The van der Waals surface area contributed by atoms with Gasteiger partial charge in [-0.25, -0.2) is 4.79 Å². The summed E-state index contributed by atoms with van der Waals surface area (Å²) in [5, 5.41) is 2.82. The first-order valence-electron chi connectivity index (χ1n) is 10.6. The van der Waals surface area contributed by atoms with Crippen LogP contribution in [0.1, 0.15) is 49.9 Å². The highest BCUT2D eigenvalue weighted by Gasteiger charge is 2.37. The van der Waals surface area contributed by atoms with Gasteiger partial charge in [0.2, 0.25) is 5.91 Å². The third-order valence-corrected chi connectivity index (χ3v) is 7.79. The van der Waals surface area contributed by atoms with E-state index < -0.39 is 22.1 Å². The Bertz CT molecular complexity index is 865. The Labute approximate surface area is 178 Å². The zero-order valence-electron chi connectivity index (χ0n) is 17.7. The van der Waals surface area contributed by atoms with Crippen molar-refractivity contribution in [2.24, 2.45) is 11.8 Å². The number of hydrogen-bond acceptors (Lipinski definition) is 5. The number of nitrogens with one attached hydrogen (secondary N) is 1. The Morgan fingerprint density at radius 3 is 2.57 bits per heavy atom. The summed E-state index contributed by atoms with van der Waals surface area (Å²) in [4.78, 5) is 24.7. The lowest BCUT2D eigenvalue weighted by molar-refractivity contribution is -0.120. The number of carbonyl (C=O) groups is 2. The monoisotopic (exact) mass is 437 g/mol. The SMILES string of the molecule is CCOC(=O)c1cccc(NC(=O)C2CCCN(S(=O)(=O)N3CCC(C)CC3)C2)c1. The Hall–Kier alpha value is -1.97. The van der Waals surface area contributed by atoms with Gasteiger partial charge < -0.3 is 10.1 Å². The van der Waals surface area contributed by atoms with Crippen molar-refractivity contribution in [1.82, 2.24) is 8.61 Å². The number of anilines is 1. The van der Waals surface area contributed by atoms with E-state index in [1.807, 2.05) is 0 Å². The number of nitrogens with zero attached hydrogens (tertiary/aromatic N) is 2. The highest BCUT2D eigenvalue weighted by molar-refractivity contribution is 7.86. The first-order valence-corrected chi connectivity index (χ1v) is 12.0. The van der Waals surface area contributed by atoms with Crippen LogP contribution >= 0.6 is 0 Å². The van der Waals surface area contributed by atoms with Crippen LogP contribution in [0.3, 0.4) is 0 Å². The van der Waals surface area contributed by atoms with Crippen LogP contribution in [0.5, 0.6) is 0 Å². The van der Waals surface area contributed by atoms with E-state index in [9.17, 15) is 18.0 Å². The molecular weight excluding hydrogens is 406 g/mol. The van der Waals surface area contributed by atoms with E-state index >= 15 is 0 Å². The minimum atomic E-state index is -3.55. The normalized spacial score (nSPS) is 21.9. The minimum absolute atomic E-state index is 0.178. The summed E-state index contributed by atoms with van der Waals surface area (Å²) in [6.07, 6.45) is 3.01. The molecule has 1 aromatic rings. The van der Waals surface area contributed by atoms with E-state index in [1.54, 1.807) is 35.5 Å². The second-order valence-corrected chi connectivity index (χ2v) is 10.0. The van der Waals surface area contributed by atoms with Crippen LogP contribution < -0.4 is 5.32 Å². The molecule has 1 atom stereocenters. The molecule has 8 nitrogen and oxygen atoms in total. The molecule has 2 aliphatic rings. The van der Waals surface area contributed by atoms with E-state index in [0.717, 1.165) is 12.8 Å². The maximum atomic E-state index is 13.0. The van der Waals surface area contributed by atoms with Crippen LogP contribution in [-0.4, -0.2) is 61.7 Å². The van der Waals surface area contributed by atoms with Crippen molar-refractivity contribution in [1.29, 1.82) is 0 Å². The van der Waals surface area contributed by atoms with Gasteiger partial charge >= 0.3 is 5.97 Å². The van der Waals surface area contributed by atoms with E-state index in [2.05, 4.69) is 12.2 Å². The van der Waals surface area contributed by atoms with Crippen molar-refractivity contribution < 1.29 is 22.7 Å². The van der Waals surface area contributed by atoms with Gasteiger partial charge in [-0.15, -0.1) is 0 Å². The van der Waals surface area contributed by atoms with Gasteiger partial charge in [0, 0.05) is 31.9 Å². The Morgan fingerprint density at radius 2 is 1.87 bits per heavy atom. The van der Waals surface area contributed by atoms with Crippen molar-refractivity contribution in [3.05, 3.63) is 29.8 Å². The molecule has 3 rings (SSSR count). The predicted molar refractivity (Wildman–Crippen MR) is 114 cm³/mol. The van der Waals surface area contributed by atoms with Crippen LogP contribution in [-0.2, 0) is 19.7 Å². The van der Waals surface area contributed by atoms with E-state index in [1.165, 1.54) is 4.31 Å². The average Bonchev–Trinajstić information content (AvgIpc) is 2.74. The number of benzene rings is 1. The summed E-state index contributed by atoms with van der Waals surface area (Å²) in [7, 11) is -3.55. The number of hydrogen-bond donors (Lipinski definition) is 1. The minimum Gasteiger partial charge on any atom is -0.462 e. The third-order valence-electron chi connectivity index (χ3n) is 5.79. The zero-order valence-corrected chi connectivity index (χ0v) is 18.5. The van der Waals surface area contributed by atoms with Gasteiger partial charge in [-0.05, 0) is 56.7 Å². The molecule has 0 bridgehead atoms. The van der Waals surface area contributed by atoms with E-state index in [0.29, 0.717) is 49.6 Å². The second-order valence-electron chi connectivity index (χ2n) is 8.08. The van der Waals surface area contributed by atoms with Crippen molar-refractivity contribution in [3.8, 4) is 0 Å². The Balaban J connectivity index is 1.63. The average molecular weight is 438 g/mol. The highest BCUT2D eigenvalue weighted by atomic mass is 32.2. The largest absolute Gasteiger partial charge is 0.462 e. The van der Waals surface area contributed by atoms with Crippen molar-refractivity contribution >= 4 is 27.8 Å². The summed E-state index contributed by atoms with van der Waals surface area (Å²) in [6.45, 7) is 5.85. The number of amides is 1. The molecule has 0 spiro atoms. The molecule has 1 amide bonds. The number of rotatable bonds is 6. The molecule has 1 N–H and O–H groups in total. The van der Waals surface area contributed by atoms with Gasteiger partial charge in [0.25, 0.3) is 10.2 Å². The topological polar surface area (TPSA) is 96.0 Å². The first-order chi connectivity index (χ1) is 14.3. The molecule has 0 aliphatic carbocycles. The fourth-order valence-corrected chi connectivity index (χ4v) is 5.65. The van der Waals surface area contributed by atoms with Gasteiger partial charge in [0.05, 0.1) is 18.1 Å². The number of piperidine rings is 2. The van der Waals surface area contributed by atoms with Crippen LogP contribution in [0.4, 0.5) is 5.69 Å². The van der Waals surface area contributed by atoms with Crippen molar-refractivity contribution in [2.75, 3.05) is 38.1 Å². The lowest BCUT2D eigenvalue weighted by Crippen LogP contribution is -2.51. The summed E-state index contributed by atoms with van der Waals surface area (Å²) in [5.41, 5.74) is 0.859. The molecule has 1 unspecified atom stereocenters. The standard InChI is InChI=1S/C21H31N3O5S/c1-3-29-21(26)17-6-4-8-19(14-17)22-20(25)18-7-5-11-24(15-18)30(27,28)23-12-9-16(2)10-13-23/h4,6,8,14,16,18H,3,5,7,9-13,15H2,1-2H3,(H,22,25). The Kier molecular flexibility index (Phi) is 7.49. The summed E-state index contributed by atoms with van der Waals surface area (Å²) in [5.74, 6) is -0.562. The van der Waals surface area contributed by atoms with Gasteiger partial charge in [0.15, 0.2) is 0 Å². The maximum absolute atomic E-state index is 13.0. The molecule has 9 heteroatoms. The molecule has 2 aliphatic heterocycles. The molecule has 2 heterocycles. The molecule has 0 aromatic heterocycles. The molecule has 2 fully saturated rings. The summed E-state index contributed by atoms with van der Waals surface area (Å²) < 4.78 is 34.0. The van der Waals surface area contributed by atoms with Gasteiger partial charge in [0.1, 0.15) is 0 Å². The fourth-order valence-electron chi connectivity index (χ4n) is 3.93. The molecule has 166 valence electrons. The van der Waals surface area contributed by atoms with Gasteiger partial charge in [-0.3, -0.25) is 4.79 Å². The maximum Gasteiger partial charge on any atom is 0.338 e. The molecule has 1 aromatic carbocycles. The smallest absolute Gasteiger partial charge is 0.338 e.